The summed E-state index contributed by atoms with van der Waals surface area (Å²) in [4.78, 5) is 11.0. The highest BCUT2D eigenvalue weighted by atomic mass is 16.1. The highest BCUT2D eigenvalue weighted by Gasteiger charge is 2.28. The van der Waals surface area contributed by atoms with Crippen LogP contribution in [0.3, 0.4) is 0 Å². The molecule has 2 nitrogen and oxygen atoms in total. The average Bonchev–Trinajstić information content (AvgIpc) is 1.98. The van der Waals surface area contributed by atoms with Gasteiger partial charge in [0.2, 0.25) is 0 Å². The fraction of sp³-hybridized carbons (Fsp3) is 0.444. The van der Waals surface area contributed by atoms with E-state index in [4.69, 9.17) is 0 Å². The van der Waals surface area contributed by atoms with Crippen LogP contribution >= 0.6 is 0 Å². The zero-order chi connectivity index (χ0) is 8.59. The molecule has 1 aliphatic rings. The number of hydrogen-bond acceptors (Lipinski definition) is 2. The van der Waals surface area contributed by atoms with Gasteiger partial charge in [0.05, 0.1) is 5.70 Å². The van der Waals surface area contributed by atoms with Crippen LogP contribution in [0.15, 0.2) is 23.4 Å². The van der Waals surface area contributed by atoms with Gasteiger partial charge in [0.1, 0.15) is 0 Å². The van der Waals surface area contributed by atoms with Crippen molar-refractivity contribution >= 4 is 5.78 Å². The van der Waals surface area contributed by atoms with Crippen LogP contribution in [0.25, 0.3) is 0 Å². The van der Waals surface area contributed by atoms with E-state index in [2.05, 4.69) is 11.9 Å². The summed E-state index contributed by atoms with van der Waals surface area (Å²) in [6.07, 6.45) is 0. The lowest BCUT2D eigenvalue weighted by molar-refractivity contribution is -0.113. The molecule has 0 atom stereocenters. The van der Waals surface area contributed by atoms with Crippen LogP contribution in [0.5, 0.6) is 0 Å². The highest BCUT2D eigenvalue weighted by molar-refractivity contribution is 6.18. The summed E-state index contributed by atoms with van der Waals surface area (Å²) in [6, 6.07) is 0.366. The number of carbonyl (C=O) groups excluding carboxylic acids is 1. The zero-order valence-corrected chi connectivity index (χ0v) is 7.19. The molecule has 0 spiro atoms. The Balaban J connectivity index is 2.75. The molecule has 0 fully saturated rings. The Kier molecular flexibility index (Phi) is 1.85. The normalized spacial score (nSPS) is 17.5. The van der Waals surface area contributed by atoms with Gasteiger partial charge in [-0.1, -0.05) is 6.58 Å². The summed E-state index contributed by atoms with van der Waals surface area (Å²) < 4.78 is 0. The highest BCUT2D eigenvalue weighted by Crippen LogP contribution is 2.26. The van der Waals surface area contributed by atoms with Crippen LogP contribution in [0.2, 0.25) is 0 Å². The second-order valence-corrected chi connectivity index (χ2v) is 3.11. The average molecular weight is 151 g/mol. The molecule has 0 saturated carbocycles. The minimum Gasteiger partial charge on any atom is -0.382 e. The lowest BCUT2D eigenvalue weighted by Gasteiger charge is -2.25. The molecular formula is C9H13NO. The van der Waals surface area contributed by atoms with Crippen molar-refractivity contribution in [2.75, 3.05) is 0 Å². The third kappa shape index (κ3) is 1.20. The summed E-state index contributed by atoms with van der Waals surface area (Å²) in [5, 5.41) is 3.17. The van der Waals surface area contributed by atoms with Gasteiger partial charge in [0.25, 0.3) is 0 Å². The molecule has 0 aromatic rings. The molecule has 0 amide bonds. The van der Waals surface area contributed by atoms with Crippen LogP contribution in [0.4, 0.5) is 0 Å². The first-order chi connectivity index (χ1) is 5.04. The monoisotopic (exact) mass is 151 g/mol. The number of carbonyl (C=O) groups is 1. The predicted molar refractivity (Wildman–Crippen MR) is 45.1 cm³/mol. The molecule has 0 aliphatic heterocycles. The largest absolute Gasteiger partial charge is 0.382 e. The lowest BCUT2D eigenvalue weighted by atomic mass is 9.88. The molecule has 0 saturated heterocycles. The van der Waals surface area contributed by atoms with Gasteiger partial charge < -0.3 is 5.32 Å². The lowest BCUT2D eigenvalue weighted by Crippen LogP contribution is -2.33. The molecule has 1 aliphatic carbocycles. The van der Waals surface area contributed by atoms with Gasteiger partial charge in [-0.25, -0.2) is 0 Å². The fourth-order valence-electron chi connectivity index (χ4n) is 1.10. The number of ketones is 1. The summed E-state index contributed by atoms with van der Waals surface area (Å²) in [7, 11) is 0. The van der Waals surface area contributed by atoms with Gasteiger partial charge in [-0.3, -0.25) is 4.79 Å². The molecule has 0 heterocycles. The van der Waals surface area contributed by atoms with E-state index in [0.717, 1.165) is 11.3 Å². The van der Waals surface area contributed by atoms with E-state index in [1.54, 1.807) is 0 Å². The van der Waals surface area contributed by atoms with Gasteiger partial charge in [0.15, 0.2) is 5.78 Å². The molecule has 1 N–H and O–H groups in total. The van der Waals surface area contributed by atoms with Crippen molar-refractivity contribution in [3.05, 3.63) is 23.4 Å². The third-order valence-electron chi connectivity index (χ3n) is 1.72. The molecule has 0 bridgehead atoms. The van der Waals surface area contributed by atoms with Crippen LogP contribution in [-0.4, -0.2) is 11.8 Å². The van der Waals surface area contributed by atoms with E-state index < -0.39 is 0 Å². The van der Waals surface area contributed by atoms with E-state index in [1.165, 1.54) is 0 Å². The standard InChI is InChI=1S/C9H13NO/c1-5(2)10-8-6(3)9(11)7(8)4/h5,10H,3H2,1-2,4H3. The number of allylic oxidation sites excluding steroid dienone is 2. The minimum atomic E-state index is 0.0909. The van der Waals surface area contributed by atoms with Crippen molar-refractivity contribution in [2.45, 2.75) is 26.8 Å². The molecular weight excluding hydrogens is 138 g/mol. The number of rotatable bonds is 2. The fourth-order valence-corrected chi connectivity index (χ4v) is 1.10. The van der Waals surface area contributed by atoms with Crippen LogP contribution < -0.4 is 5.32 Å². The summed E-state index contributed by atoms with van der Waals surface area (Å²) in [5.41, 5.74) is 2.37. The van der Waals surface area contributed by atoms with Crippen molar-refractivity contribution in [2.24, 2.45) is 0 Å². The van der Waals surface area contributed by atoms with E-state index in [1.807, 2.05) is 20.8 Å². The Morgan fingerprint density at radius 2 is 2.00 bits per heavy atom. The Hall–Kier alpha value is -1.05. The van der Waals surface area contributed by atoms with E-state index in [9.17, 15) is 4.79 Å². The summed E-state index contributed by atoms with van der Waals surface area (Å²) in [6.45, 7) is 9.55. The number of Topliss-reactive ketones (excluding diaryl/α,β-unsaturated/α-hetero) is 1. The Bertz CT molecular complexity index is 248. The first kappa shape index (κ1) is 8.05. The molecule has 1 rings (SSSR count). The van der Waals surface area contributed by atoms with Crippen molar-refractivity contribution in [3.8, 4) is 0 Å². The quantitative estimate of drug-likeness (QED) is 0.604. The Morgan fingerprint density at radius 1 is 1.45 bits per heavy atom. The zero-order valence-electron chi connectivity index (χ0n) is 7.19. The van der Waals surface area contributed by atoms with Gasteiger partial charge in [-0.05, 0) is 20.8 Å². The molecule has 0 aromatic heterocycles. The number of nitrogens with one attached hydrogen (secondary N) is 1. The van der Waals surface area contributed by atoms with Gasteiger partial charge >= 0.3 is 0 Å². The van der Waals surface area contributed by atoms with Crippen LogP contribution in [0.1, 0.15) is 20.8 Å². The third-order valence-corrected chi connectivity index (χ3v) is 1.72. The molecule has 0 aromatic carbocycles. The van der Waals surface area contributed by atoms with E-state index in [-0.39, 0.29) is 5.78 Å². The van der Waals surface area contributed by atoms with Crippen LogP contribution in [0, 0.1) is 0 Å². The Morgan fingerprint density at radius 3 is 2.36 bits per heavy atom. The number of hydrogen-bond donors (Lipinski definition) is 1. The molecule has 2 heteroatoms. The first-order valence-electron chi connectivity index (χ1n) is 3.75. The first-order valence-corrected chi connectivity index (χ1v) is 3.75. The van der Waals surface area contributed by atoms with Gasteiger partial charge in [-0.15, -0.1) is 0 Å². The Labute approximate surface area is 67.0 Å². The molecule has 11 heavy (non-hydrogen) atoms. The summed E-state index contributed by atoms with van der Waals surface area (Å²) >= 11 is 0. The van der Waals surface area contributed by atoms with Crippen molar-refractivity contribution < 1.29 is 4.79 Å². The molecule has 60 valence electrons. The second-order valence-electron chi connectivity index (χ2n) is 3.11. The van der Waals surface area contributed by atoms with E-state index >= 15 is 0 Å². The van der Waals surface area contributed by atoms with Crippen molar-refractivity contribution in [3.63, 3.8) is 0 Å². The van der Waals surface area contributed by atoms with Crippen molar-refractivity contribution in [1.82, 2.24) is 5.32 Å². The maximum Gasteiger partial charge on any atom is 0.192 e. The van der Waals surface area contributed by atoms with Gasteiger partial charge in [-0.2, -0.15) is 0 Å². The maximum absolute atomic E-state index is 11.0. The predicted octanol–water partition coefficient (Wildman–Crippen LogP) is 1.40. The van der Waals surface area contributed by atoms with Gasteiger partial charge in [0, 0.05) is 17.2 Å². The molecule has 0 unspecified atom stereocenters. The topological polar surface area (TPSA) is 29.1 Å². The SMILES string of the molecule is C=C1C(=O)C(C)=C1NC(C)C. The van der Waals surface area contributed by atoms with Crippen LogP contribution in [-0.2, 0) is 4.79 Å². The molecule has 0 radical (unpaired) electrons. The second kappa shape index (κ2) is 2.53. The van der Waals surface area contributed by atoms with Crippen molar-refractivity contribution in [1.29, 1.82) is 0 Å². The van der Waals surface area contributed by atoms with E-state index in [0.29, 0.717) is 11.6 Å². The summed E-state index contributed by atoms with van der Waals surface area (Å²) in [5.74, 6) is 0.0909. The smallest absolute Gasteiger partial charge is 0.192 e. The maximum atomic E-state index is 11.0. The minimum absolute atomic E-state index is 0.0909.